The Bertz CT molecular complexity index is 7620. The third kappa shape index (κ3) is 13.1. The minimum absolute atomic E-state index is 0.0860. The van der Waals surface area contributed by atoms with Crippen LogP contribution in [0.3, 0.4) is 0 Å². The molecule has 0 N–H and O–H groups in total. The standard InChI is InChI=1S/C26H21N3O.C22H19N3O.2C20H18N4O.C19H17N5O/c1-17-14-15-20-21-11-8-16-27-26(21)30-25(20)24(17)29-18(2)28(19-9-4-3-5-10-19)22-12-6-7-13-23(22)29;1-15-10-11-18-19-9-6-12-23-22(19)26-21(18)20(15)25-14-13-24(16(25)2)17-7-4-3-5-8-17;1-12-8-9-14-15-6-4-11-22-20(15)25-18(14)17(12)24-13(2)23(3)19-16(24)7-5-10-21-19;1-12-8-9-14-15-6-4-11-22-20(15)25-18(14)17(12)24-13(2)23(3)16-7-5-10-21-19(16)24;1-11-6-7-13-14-5-4-8-22-19(14)25-16(13)15(11)24-12(2)23(3)17-18(24)21-10-9-20-17/h3-16,18H,1-2H3;3-14,16H,1-2H3;2*4-11,13H,1-3H3;4-10,12H,1-3H3. The van der Waals surface area contributed by atoms with E-state index in [4.69, 9.17) is 22.1 Å². The Morgan fingerprint density at radius 2 is 0.519 bits per heavy atom. The van der Waals surface area contributed by atoms with Gasteiger partial charge in [-0.15, -0.1) is 0 Å². The quantitative estimate of drug-likeness (QED) is 0.145. The first kappa shape index (κ1) is 80.5. The van der Waals surface area contributed by atoms with Gasteiger partial charge in [-0.1, -0.05) is 109 Å². The molecular formula is C107H93N19O5. The van der Waals surface area contributed by atoms with E-state index in [0.29, 0.717) is 28.6 Å². The van der Waals surface area contributed by atoms with Gasteiger partial charge in [0, 0.05) is 155 Å². The van der Waals surface area contributed by atoms with Gasteiger partial charge in [-0.3, -0.25) is 4.90 Å². The Labute approximate surface area is 755 Å². The summed E-state index contributed by atoms with van der Waals surface area (Å²) in [6, 6.07) is 79.1. The van der Waals surface area contributed by atoms with Crippen LogP contribution >= 0.6 is 0 Å². The van der Waals surface area contributed by atoms with Crippen LogP contribution in [0.1, 0.15) is 62.4 Å². The van der Waals surface area contributed by atoms with E-state index in [-0.39, 0.29) is 30.8 Å². The van der Waals surface area contributed by atoms with E-state index in [1.54, 1.807) is 43.4 Å². The highest BCUT2D eigenvalue weighted by Crippen LogP contribution is 2.54. The molecule has 26 rings (SSSR count). The van der Waals surface area contributed by atoms with Gasteiger partial charge in [0.2, 0.25) is 28.6 Å². The molecule has 0 aliphatic carbocycles. The van der Waals surface area contributed by atoms with Crippen molar-refractivity contribution in [2.24, 2.45) is 0 Å². The van der Waals surface area contributed by atoms with Gasteiger partial charge in [-0.05, 0) is 218 Å². The number of furan rings is 5. The maximum atomic E-state index is 6.31. The zero-order valence-electron chi connectivity index (χ0n) is 74.7. The van der Waals surface area contributed by atoms with E-state index < -0.39 is 0 Å². The Kier molecular flexibility index (Phi) is 19.8. The molecular weight excluding hydrogens is 1630 g/mol. The maximum Gasteiger partial charge on any atom is 0.227 e. The average molecular weight is 1730 g/mol. The molecule has 8 aromatic carbocycles. The molecule has 5 unspecified atom stereocenters. The number of aromatic nitrogens is 9. The SMILES string of the molecule is Cc1ccc2c(oc3ncccc32)c1N1C=CN(c2ccccc2)C1C.Cc1ccc2c(oc3ncccc32)c1N1c2ccccc2N(c2ccccc2)C1C.Cc1ccc2c(oc3ncccc32)c1N1c2cccnc2N(C)C1C.Cc1ccc2c(oc3ncccc32)c1N1c2ncccc2N(C)C1C.Cc1ccc2c(oc3ncccc32)c1N1c2nccnc2N(C)C1C. The highest BCUT2D eigenvalue weighted by Gasteiger charge is 2.42. The molecule has 0 radical (unpaired) electrons. The Morgan fingerprint density at radius 3 is 0.969 bits per heavy atom. The zero-order valence-corrected chi connectivity index (χ0v) is 74.7. The topological polar surface area (TPSA) is 214 Å². The predicted molar refractivity (Wildman–Crippen MR) is 528 cm³/mol. The first-order valence-corrected chi connectivity index (χ1v) is 44.1. The lowest BCUT2D eigenvalue weighted by Crippen LogP contribution is -2.36. The highest BCUT2D eigenvalue weighted by molar-refractivity contribution is 6.15. The van der Waals surface area contributed by atoms with Crippen molar-refractivity contribution in [3.05, 3.63) is 327 Å². The third-order valence-electron chi connectivity index (χ3n) is 26.4. The monoisotopic (exact) mass is 1720 g/mol. The van der Waals surface area contributed by atoms with E-state index >= 15 is 0 Å². The molecule has 0 bridgehead atoms. The first-order valence-electron chi connectivity index (χ1n) is 44.1. The van der Waals surface area contributed by atoms with Gasteiger partial charge < -0.3 is 66.2 Å². The second-order valence-corrected chi connectivity index (χ2v) is 33.8. The van der Waals surface area contributed by atoms with Gasteiger partial charge in [0.15, 0.2) is 51.2 Å². The van der Waals surface area contributed by atoms with Gasteiger partial charge in [0.1, 0.15) is 30.8 Å². The van der Waals surface area contributed by atoms with Crippen molar-refractivity contribution >= 4 is 196 Å². The lowest BCUT2D eigenvalue weighted by atomic mass is 10.1. The predicted octanol–water partition coefficient (Wildman–Crippen LogP) is 25.6. The van der Waals surface area contributed by atoms with Crippen LogP contribution in [0.2, 0.25) is 0 Å². The molecule has 5 atom stereocenters. The number of rotatable bonds is 7. The molecule has 646 valence electrons. The van der Waals surface area contributed by atoms with Gasteiger partial charge in [-0.25, -0.2) is 44.9 Å². The fourth-order valence-electron chi connectivity index (χ4n) is 19.6. The van der Waals surface area contributed by atoms with Crippen LogP contribution in [-0.4, -0.2) is 96.8 Å². The van der Waals surface area contributed by atoms with Crippen LogP contribution < -0.4 is 49.0 Å². The average Bonchev–Trinajstić information content (AvgIpc) is 1.59. The van der Waals surface area contributed by atoms with E-state index in [2.05, 4.69) is 366 Å². The number of fused-ring (bicyclic) bond motifs is 19. The molecule has 0 spiro atoms. The van der Waals surface area contributed by atoms with E-state index in [1.165, 1.54) is 39.4 Å². The fraction of sp³-hybridized carbons (Fsp3) is 0.168. The molecule has 21 aromatic rings. The number of hydrogen-bond donors (Lipinski definition) is 0. The molecule has 0 fully saturated rings. The number of nitrogens with zero attached hydrogens (tertiary/aromatic N) is 19. The molecule has 24 nitrogen and oxygen atoms in total. The van der Waals surface area contributed by atoms with Gasteiger partial charge in [0.05, 0.1) is 51.2 Å². The van der Waals surface area contributed by atoms with Crippen LogP contribution in [0.5, 0.6) is 0 Å². The van der Waals surface area contributed by atoms with Gasteiger partial charge >= 0.3 is 0 Å². The fourth-order valence-corrected chi connectivity index (χ4v) is 19.6. The highest BCUT2D eigenvalue weighted by atomic mass is 16.4. The number of aryl methyl sites for hydroxylation is 5. The van der Waals surface area contributed by atoms with Gasteiger partial charge in [0.25, 0.3) is 0 Å². The van der Waals surface area contributed by atoms with E-state index in [1.807, 2.05) is 74.0 Å². The third-order valence-corrected chi connectivity index (χ3v) is 26.4. The summed E-state index contributed by atoms with van der Waals surface area (Å²) >= 11 is 0. The first-order chi connectivity index (χ1) is 64.0. The molecule has 0 saturated carbocycles. The Balaban J connectivity index is 0.0000000960. The summed E-state index contributed by atoms with van der Waals surface area (Å²) in [5, 5.41) is 10.7. The van der Waals surface area contributed by atoms with Crippen LogP contribution in [0.25, 0.3) is 110 Å². The minimum Gasteiger partial charge on any atom is -0.435 e. The van der Waals surface area contributed by atoms with E-state index in [9.17, 15) is 0 Å². The lowest BCUT2D eigenvalue weighted by molar-refractivity contribution is 0.647. The summed E-state index contributed by atoms with van der Waals surface area (Å²) in [7, 11) is 6.21. The Hall–Kier alpha value is -16.4. The maximum absolute atomic E-state index is 6.31. The summed E-state index contributed by atoms with van der Waals surface area (Å²) in [5.41, 5.74) is 25.9. The van der Waals surface area contributed by atoms with Crippen LogP contribution in [0, 0.1) is 34.6 Å². The molecule has 5 aliphatic rings. The summed E-state index contributed by atoms with van der Waals surface area (Å²) in [6.07, 6.45) is 20.8. The summed E-state index contributed by atoms with van der Waals surface area (Å²) in [5.74, 6) is 3.67. The molecule has 5 aliphatic heterocycles. The van der Waals surface area contributed by atoms with Crippen molar-refractivity contribution in [2.75, 3.05) is 70.1 Å². The molecule has 0 saturated heterocycles. The summed E-state index contributed by atoms with van der Waals surface area (Å²) in [6.45, 7) is 21.6. The molecule has 131 heavy (non-hydrogen) atoms. The normalized spacial score (nSPS) is 16.6. The summed E-state index contributed by atoms with van der Waals surface area (Å²) < 4.78 is 31.0. The van der Waals surface area contributed by atoms with Crippen molar-refractivity contribution in [3.63, 3.8) is 0 Å². The van der Waals surface area contributed by atoms with E-state index in [0.717, 1.165) is 156 Å². The number of benzene rings is 8. The Morgan fingerprint density at radius 1 is 0.214 bits per heavy atom. The number of pyridine rings is 7. The van der Waals surface area contributed by atoms with Gasteiger partial charge in [-0.2, -0.15) is 0 Å². The smallest absolute Gasteiger partial charge is 0.227 e. The van der Waals surface area contributed by atoms with Crippen molar-refractivity contribution in [2.45, 2.75) is 100 Å². The number of anilines is 15. The molecule has 24 heteroatoms. The van der Waals surface area contributed by atoms with Crippen LogP contribution in [-0.2, 0) is 0 Å². The van der Waals surface area contributed by atoms with Crippen LogP contribution in [0.15, 0.2) is 321 Å². The molecule has 13 aromatic heterocycles. The van der Waals surface area contributed by atoms with Crippen molar-refractivity contribution in [3.8, 4) is 0 Å². The van der Waals surface area contributed by atoms with Crippen LogP contribution in [0.4, 0.5) is 85.8 Å². The second kappa shape index (κ2) is 32.2. The summed E-state index contributed by atoms with van der Waals surface area (Å²) in [4.78, 5) is 62.9. The van der Waals surface area contributed by atoms with Crippen molar-refractivity contribution in [1.82, 2.24) is 44.9 Å². The lowest BCUT2D eigenvalue weighted by Gasteiger charge is -2.31. The second-order valence-electron chi connectivity index (χ2n) is 33.8. The zero-order chi connectivity index (χ0) is 89.3. The van der Waals surface area contributed by atoms with Crippen molar-refractivity contribution in [1.29, 1.82) is 0 Å². The van der Waals surface area contributed by atoms with Crippen molar-refractivity contribution < 1.29 is 22.1 Å². The largest absolute Gasteiger partial charge is 0.435 e. The number of hydrogen-bond acceptors (Lipinski definition) is 24. The minimum atomic E-state index is 0.0860. The molecule has 0 amide bonds. The molecule has 18 heterocycles. The number of para-hydroxylation sites is 4.